The molecule has 0 radical (unpaired) electrons. The van der Waals surface area contributed by atoms with Gasteiger partial charge in [0.1, 0.15) is 5.60 Å². The molecule has 1 amide bonds. The Kier molecular flexibility index (Phi) is 5.91. The molecule has 1 aromatic carbocycles. The molecule has 1 fully saturated rings. The van der Waals surface area contributed by atoms with E-state index < -0.39 is 5.60 Å². The number of esters is 1. The fraction of sp³-hybridized carbons (Fsp3) is 0.571. The van der Waals surface area contributed by atoms with E-state index in [0.29, 0.717) is 25.6 Å². The Morgan fingerprint density at radius 2 is 2.00 bits per heavy atom. The number of para-hydroxylation sites is 1. The zero-order valence-corrected chi connectivity index (χ0v) is 17.2. The van der Waals surface area contributed by atoms with Gasteiger partial charge in [-0.05, 0) is 45.2 Å². The monoisotopic (exact) mass is 386 g/mol. The number of anilines is 1. The van der Waals surface area contributed by atoms with Gasteiger partial charge in [0.2, 0.25) is 5.91 Å². The fourth-order valence-electron chi connectivity index (χ4n) is 3.71. The lowest BCUT2D eigenvalue weighted by molar-refractivity contribution is -0.159. The minimum absolute atomic E-state index is 0.0222. The van der Waals surface area contributed by atoms with Crippen LogP contribution in [0.2, 0.25) is 0 Å². The van der Waals surface area contributed by atoms with Gasteiger partial charge < -0.3 is 19.9 Å². The zero-order valence-electron chi connectivity index (χ0n) is 17.2. The summed E-state index contributed by atoms with van der Waals surface area (Å²) in [5.41, 5.74) is 1.72. The molecule has 1 saturated heterocycles. The quantitative estimate of drug-likeness (QED) is 0.487. The summed E-state index contributed by atoms with van der Waals surface area (Å²) in [6, 6.07) is 8.01. The van der Waals surface area contributed by atoms with Crippen LogP contribution in [0.25, 0.3) is 0 Å². The first kappa shape index (κ1) is 20.2. The lowest BCUT2D eigenvalue weighted by Gasteiger charge is -2.24. The lowest BCUT2D eigenvalue weighted by Crippen LogP contribution is -2.46. The molecule has 1 unspecified atom stereocenters. The average molecular weight is 386 g/mol. The van der Waals surface area contributed by atoms with Crippen molar-refractivity contribution in [3.8, 4) is 0 Å². The van der Waals surface area contributed by atoms with Gasteiger partial charge in [0.05, 0.1) is 12.5 Å². The normalized spacial score (nSPS) is 19.6. The molecule has 1 atom stereocenters. The van der Waals surface area contributed by atoms with Gasteiger partial charge in [0, 0.05) is 32.4 Å². The van der Waals surface area contributed by atoms with E-state index in [-0.39, 0.29) is 24.3 Å². The summed E-state index contributed by atoms with van der Waals surface area (Å²) >= 11 is 0. The summed E-state index contributed by atoms with van der Waals surface area (Å²) in [4.78, 5) is 33.1. The molecule has 3 rings (SSSR count). The van der Waals surface area contributed by atoms with Crippen molar-refractivity contribution in [2.75, 3.05) is 38.1 Å². The molecule has 2 aliphatic heterocycles. The second-order valence-electron chi connectivity index (χ2n) is 8.29. The van der Waals surface area contributed by atoms with Gasteiger partial charge in [-0.15, -0.1) is 0 Å². The fourth-order valence-corrected chi connectivity index (χ4v) is 3.71. The Labute approximate surface area is 166 Å². The van der Waals surface area contributed by atoms with Crippen LogP contribution >= 0.6 is 0 Å². The van der Waals surface area contributed by atoms with E-state index in [4.69, 9.17) is 4.74 Å². The number of guanidine groups is 1. The number of hydrogen-bond acceptors (Lipinski definition) is 4. The topological polar surface area (TPSA) is 74.2 Å². The first-order valence-corrected chi connectivity index (χ1v) is 9.85. The smallest absolute Gasteiger partial charge is 0.311 e. The van der Waals surface area contributed by atoms with E-state index >= 15 is 0 Å². The molecule has 1 aromatic rings. The highest BCUT2D eigenvalue weighted by atomic mass is 16.6. The lowest BCUT2D eigenvalue weighted by atomic mass is 10.1. The Morgan fingerprint density at radius 3 is 2.71 bits per heavy atom. The zero-order chi connectivity index (χ0) is 20.3. The molecular formula is C21H30N4O3. The van der Waals surface area contributed by atoms with Crippen LogP contribution in [-0.4, -0.2) is 61.6 Å². The molecule has 0 spiro atoms. The van der Waals surface area contributed by atoms with E-state index in [0.717, 1.165) is 18.5 Å². The van der Waals surface area contributed by atoms with Crippen LogP contribution in [0.4, 0.5) is 5.69 Å². The van der Waals surface area contributed by atoms with Crippen LogP contribution in [0.15, 0.2) is 29.3 Å². The van der Waals surface area contributed by atoms with Crippen molar-refractivity contribution in [2.24, 2.45) is 10.9 Å². The number of carbonyl (C=O) groups is 2. The Balaban J connectivity index is 1.53. The number of benzene rings is 1. The second kappa shape index (κ2) is 8.20. The maximum Gasteiger partial charge on any atom is 0.311 e. The maximum absolute atomic E-state index is 12.7. The van der Waals surface area contributed by atoms with Crippen molar-refractivity contribution in [2.45, 2.75) is 39.2 Å². The van der Waals surface area contributed by atoms with Crippen LogP contribution in [-0.2, 0) is 20.7 Å². The number of fused-ring (bicyclic) bond motifs is 1. The van der Waals surface area contributed by atoms with Crippen molar-refractivity contribution >= 4 is 23.5 Å². The van der Waals surface area contributed by atoms with Gasteiger partial charge in [-0.2, -0.15) is 0 Å². The number of nitrogens with zero attached hydrogens (tertiary/aromatic N) is 3. The molecule has 0 saturated carbocycles. The van der Waals surface area contributed by atoms with Crippen molar-refractivity contribution in [3.05, 3.63) is 29.8 Å². The SMILES string of the molecule is CN=C(NCC(=O)N1CCc2ccccc21)N1CCC(C(=O)OC(C)(C)C)C1. The minimum Gasteiger partial charge on any atom is -0.460 e. The highest BCUT2D eigenvalue weighted by Crippen LogP contribution is 2.27. The van der Waals surface area contributed by atoms with E-state index in [1.165, 1.54) is 5.56 Å². The third kappa shape index (κ3) is 4.64. The van der Waals surface area contributed by atoms with Gasteiger partial charge in [-0.1, -0.05) is 18.2 Å². The number of amides is 1. The summed E-state index contributed by atoms with van der Waals surface area (Å²) in [5.74, 6) is 0.329. The molecule has 2 aliphatic rings. The Hall–Kier alpha value is -2.57. The standard InChI is InChI=1S/C21H30N4O3/c1-21(2,3)28-19(27)16-9-11-24(14-16)20(22-4)23-13-18(26)25-12-10-15-7-5-6-8-17(15)25/h5-8,16H,9-14H2,1-4H3,(H,22,23). The number of carbonyl (C=O) groups excluding carboxylic acids is 2. The number of likely N-dealkylation sites (tertiary alicyclic amines) is 1. The molecule has 0 aliphatic carbocycles. The molecule has 0 bridgehead atoms. The third-order valence-electron chi connectivity index (χ3n) is 5.03. The van der Waals surface area contributed by atoms with E-state index in [1.54, 1.807) is 7.05 Å². The molecule has 152 valence electrons. The summed E-state index contributed by atoms with van der Waals surface area (Å²) in [6.07, 6.45) is 1.61. The first-order chi connectivity index (χ1) is 13.3. The average Bonchev–Trinajstić information content (AvgIpc) is 3.28. The predicted octanol–water partition coefficient (Wildman–Crippen LogP) is 1.81. The van der Waals surface area contributed by atoms with Crippen molar-refractivity contribution in [1.29, 1.82) is 0 Å². The maximum atomic E-state index is 12.7. The predicted molar refractivity (Wildman–Crippen MR) is 109 cm³/mol. The highest BCUT2D eigenvalue weighted by molar-refractivity contribution is 5.98. The van der Waals surface area contributed by atoms with Gasteiger partial charge in [-0.25, -0.2) is 0 Å². The minimum atomic E-state index is -0.483. The third-order valence-corrected chi connectivity index (χ3v) is 5.03. The van der Waals surface area contributed by atoms with Crippen LogP contribution in [0.1, 0.15) is 32.8 Å². The van der Waals surface area contributed by atoms with Gasteiger partial charge in [0.25, 0.3) is 0 Å². The van der Waals surface area contributed by atoms with E-state index in [1.807, 2.05) is 48.8 Å². The highest BCUT2D eigenvalue weighted by Gasteiger charge is 2.33. The number of nitrogens with one attached hydrogen (secondary N) is 1. The van der Waals surface area contributed by atoms with Crippen molar-refractivity contribution < 1.29 is 14.3 Å². The molecule has 7 heteroatoms. The van der Waals surface area contributed by atoms with Crippen LogP contribution in [0.3, 0.4) is 0 Å². The number of hydrogen-bond donors (Lipinski definition) is 1. The van der Waals surface area contributed by atoms with E-state index in [2.05, 4.69) is 16.4 Å². The summed E-state index contributed by atoms with van der Waals surface area (Å²) in [7, 11) is 1.69. The largest absolute Gasteiger partial charge is 0.460 e. The molecule has 2 heterocycles. The van der Waals surface area contributed by atoms with Crippen molar-refractivity contribution in [3.63, 3.8) is 0 Å². The van der Waals surface area contributed by atoms with Crippen molar-refractivity contribution in [1.82, 2.24) is 10.2 Å². The van der Waals surface area contributed by atoms with Gasteiger partial charge >= 0.3 is 5.97 Å². The number of aliphatic imine (C=N–C) groups is 1. The number of rotatable bonds is 3. The summed E-state index contributed by atoms with van der Waals surface area (Å²) in [5, 5.41) is 3.16. The molecular weight excluding hydrogens is 356 g/mol. The first-order valence-electron chi connectivity index (χ1n) is 9.85. The summed E-state index contributed by atoms with van der Waals surface area (Å²) < 4.78 is 5.50. The molecule has 28 heavy (non-hydrogen) atoms. The van der Waals surface area contributed by atoms with Gasteiger partial charge in [0.15, 0.2) is 5.96 Å². The summed E-state index contributed by atoms with van der Waals surface area (Å²) in [6.45, 7) is 7.78. The second-order valence-corrected chi connectivity index (χ2v) is 8.29. The Morgan fingerprint density at radius 1 is 1.25 bits per heavy atom. The number of ether oxygens (including phenoxy) is 1. The Bertz CT molecular complexity index is 769. The van der Waals surface area contributed by atoms with Gasteiger partial charge in [-0.3, -0.25) is 14.6 Å². The van der Waals surface area contributed by atoms with Crippen LogP contribution < -0.4 is 10.2 Å². The van der Waals surface area contributed by atoms with E-state index in [9.17, 15) is 9.59 Å². The molecule has 0 aromatic heterocycles. The van der Waals surface area contributed by atoms with Crippen LogP contribution in [0.5, 0.6) is 0 Å². The molecule has 1 N–H and O–H groups in total. The molecule has 7 nitrogen and oxygen atoms in total. The van der Waals surface area contributed by atoms with Crippen LogP contribution in [0, 0.1) is 5.92 Å².